The van der Waals surface area contributed by atoms with Crippen LogP contribution in [0.1, 0.15) is 11.3 Å². The predicted molar refractivity (Wildman–Crippen MR) is 78.5 cm³/mol. The standard InChI is InChI=1S/C16H13F3N2O2/c1-3-9-21-14(11-7-5-4-6-8-11)20-13(16(17,18)19)12(10-23-2)15(21)22/h1,4-8H,9-10H2,2H3. The summed E-state index contributed by atoms with van der Waals surface area (Å²) in [5.74, 6) is 2.14. The quantitative estimate of drug-likeness (QED) is 0.813. The number of methoxy groups -OCH3 is 1. The molecule has 1 heterocycles. The van der Waals surface area contributed by atoms with Gasteiger partial charge in [0.1, 0.15) is 5.82 Å². The largest absolute Gasteiger partial charge is 0.433 e. The third kappa shape index (κ3) is 3.43. The number of rotatable bonds is 4. The van der Waals surface area contributed by atoms with Crippen molar-refractivity contribution in [3.63, 3.8) is 0 Å². The fourth-order valence-electron chi connectivity index (χ4n) is 2.15. The molecule has 1 aromatic heterocycles. The average molecular weight is 322 g/mol. The molecule has 7 heteroatoms. The van der Waals surface area contributed by atoms with Gasteiger partial charge in [-0.15, -0.1) is 6.42 Å². The molecule has 0 fully saturated rings. The Balaban J connectivity index is 2.83. The fraction of sp³-hybridized carbons (Fsp3) is 0.250. The molecule has 0 aliphatic rings. The Morgan fingerprint density at radius 1 is 1.30 bits per heavy atom. The SMILES string of the molecule is C#CCn1c(-c2ccccc2)nc(C(F)(F)F)c(COC)c1=O. The summed E-state index contributed by atoms with van der Waals surface area (Å²) < 4.78 is 45.5. The van der Waals surface area contributed by atoms with Crippen LogP contribution >= 0.6 is 0 Å². The molecule has 0 amide bonds. The highest BCUT2D eigenvalue weighted by Gasteiger charge is 2.38. The van der Waals surface area contributed by atoms with Gasteiger partial charge in [-0.25, -0.2) is 4.98 Å². The van der Waals surface area contributed by atoms with Gasteiger partial charge >= 0.3 is 6.18 Å². The molecule has 0 unspecified atom stereocenters. The van der Waals surface area contributed by atoms with Gasteiger partial charge in [0.05, 0.1) is 18.7 Å². The van der Waals surface area contributed by atoms with Crippen LogP contribution in [-0.4, -0.2) is 16.7 Å². The lowest BCUT2D eigenvalue weighted by molar-refractivity contribution is -0.142. The summed E-state index contributed by atoms with van der Waals surface area (Å²) >= 11 is 0. The van der Waals surface area contributed by atoms with Crippen LogP contribution in [0.3, 0.4) is 0 Å². The lowest BCUT2D eigenvalue weighted by atomic mass is 10.1. The van der Waals surface area contributed by atoms with E-state index in [0.717, 1.165) is 4.57 Å². The Hall–Kier alpha value is -2.59. The zero-order valence-electron chi connectivity index (χ0n) is 12.2. The summed E-state index contributed by atoms with van der Waals surface area (Å²) in [7, 11) is 1.20. The second kappa shape index (κ2) is 6.67. The summed E-state index contributed by atoms with van der Waals surface area (Å²) in [5.41, 5.74) is -2.30. The molecule has 0 bridgehead atoms. The van der Waals surface area contributed by atoms with Gasteiger partial charge in [-0.1, -0.05) is 36.3 Å². The molecule has 0 spiro atoms. The van der Waals surface area contributed by atoms with Crippen LogP contribution in [0.5, 0.6) is 0 Å². The molecular formula is C16H13F3N2O2. The number of hydrogen-bond acceptors (Lipinski definition) is 3. The van der Waals surface area contributed by atoms with E-state index >= 15 is 0 Å². The van der Waals surface area contributed by atoms with Gasteiger partial charge in [0.15, 0.2) is 5.69 Å². The van der Waals surface area contributed by atoms with Crippen molar-refractivity contribution < 1.29 is 17.9 Å². The van der Waals surface area contributed by atoms with Crippen LogP contribution in [0, 0.1) is 12.3 Å². The van der Waals surface area contributed by atoms with Gasteiger partial charge in [-0.05, 0) is 0 Å². The first-order chi connectivity index (χ1) is 10.9. The van der Waals surface area contributed by atoms with E-state index in [1.54, 1.807) is 30.3 Å². The van der Waals surface area contributed by atoms with Crippen molar-refractivity contribution in [1.82, 2.24) is 9.55 Å². The first-order valence-electron chi connectivity index (χ1n) is 6.59. The summed E-state index contributed by atoms with van der Waals surface area (Å²) in [6.45, 7) is -0.689. The van der Waals surface area contributed by atoms with Crippen LogP contribution in [-0.2, 0) is 24.1 Å². The zero-order chi connectivity index (χ0) is 17.0. The number of ether oxygens (including phenoxy) is 1. The number of alkyl halides is 3. The number of halogens is 3. The summed E-state index contributed by atoms with van der Waals surface area (Å²) in [6, 6.07) is 8.10. The maximum Gasteiger partial charge on any atom is 0.433 e. The molecule has 0 aliphatic carbocycles. The fourth-order valence-corrected chi connectivity index (χ4v) is 2.15. The van der Waals surface area contributed by atoms with Crippen molar-refractivity contribution in [3.8, 4) is 23.7 Å². The molecule has 120 valence electrons. The molecule has 2 aromatic rings. The van der Waals surface area contributed by atoms with Crippen LogP contribution in [0.2, 0.25) is 0 Å². The van der Waals surface area contributed by atoms with Crippen LogP contribution in [0.25, 0.3) is 11.4 Å². The first kappa shape index (κ1) is 16.8. The molecular weight excluding hydrogens is 309 g/mol. The van der Waals surface area contributed by atoms with Gasteiger partial charge in [0.2, 0.25) is 0 Å². The summed E-state index contributed by atoms with van der Waals surface area (Å²) in [5, 5.41) is 0. The Morgan fingerprint density at radius 3 is 2.48 bits per heavy atom. The van der Waals surface area contributed by atoms with Crippen molar-refractivity contribution in [3.05, 3.63) is 51.9 Å². The smallest absolute Gasteiger partial charge is 0.380 e. The van der Waals surface area contributed by atoms with E-state index in [9.17, 15) is 18.0 Å². The van der Waals surface area contributed by atoms with E-state index in [2.05, 4.69) is 10.9 Å². The highest BCUT2D eigenvalue weighted by atomic mass is 19.4. The molecule has 0 saturated carbocycles. The van der Waals surface area contributed by atoms with E-state index < -0.39 is 29.6 Å². The van der Waals surface area contributed by atoms with Crippen molar-refractivity contribution in [1.29, 1.82) is 0 Å². The monoisotopic (exact) mass is 322 g/mol. The second-order valence-corrected chi connectivity index (χ2v) is 4.65. The van der Waals surface area contributed by atoms with Gasteiger partial charge in [0, 0.05) is 12.7 Å². The Bertz CT molecular complexity index is 790. The minimum Gasteiger partial charge on any atom is -0.380 e. The zero-order valence-corrected chi connectivity index (χ0v) is 12.2. The number of terminal acetylenes is 1. The number of hydrogen-bond donors (Lipinski definition) is 0. The van der Waals surface area contributed by atoms with Gasteiger partial charge < -0.3 is 4.74 Å². The van der Waals surface area contributed by atoms with Crippen molar-refractivity contribution >= 4 is 0 Å². The normalized spacial score (nSPS) is 11.3. The summed E-state index contributed by atoms with van der Waals surface area (Å²) in [4.78, 5) is 16.1. The lowest BCUT2D eigenvalue weighted by Gasteiger charge is -2.17. The van der Waals surface area contributed by atoms with Crippen LogP contribution in [0.4, 0.5) is 13.2 Å². The molecule has 0 aliphatic heterocycles. The molecule has 4 nitrogen and oxygen atoms in total. The predicted octanol–water partition coefficient (Wildman–Crippen LogP) is 2.71. The minimum atomic E-state index is -4.77. The summed E-state index contributed by atoms with van der Waals surface area (Å²) in [6.07, 6.45) is 0.461. The van der Waals surface area contributed by atoms with Gasteiger partial charge in [-0.2, -0.15) is 13.2 Å². The highest BCUT2D eigenvalue weighted by molar-refractivity contribution is 5.56. The third-order valence-electron chi connectivity index (χ3n) is 3.10. The molecule has 0 saturated heterocycles. The molecule has 1 aromatic carbocycles. The maximum atomic E-state index is 13.3. The van der Waals surface area contributed by atoms with E-state index in [0.29, 0.717) is 5.56 Å². The number of nitrogens with zero attached hydrogens (tertiary/aromatic N) is 2. The highest BCUT2D eigenvalue weighted by Crippen LogP contribution is 2.31. The molecule has 0 atom stereocenters. The van der Waals surface area contributed by atoms with E-state index in [-0.39, 0.29) is 12.4 Å². The Morgan fingerprint density at radius 2 is 1.96 bits per heavy atom. The first-order valence-corrected chi connectivity index (χ1v) is 6.59. The van der Waals surface area contributed by atoms with Crippen molar-refractivity contribution in [2.24, 2.45) is 0 Å². The van der Waals surface area contributed by atoms with Crippen LogP contribution < -0.4 is 5.56 Å². The van der Waals surface area contributed by atoms with Crippen molar-refractivity contribution in [2.75, 3.05) is 7.11 Å². The Labute approximate surface area is 130 Å². The number of benzene rings is 1. The van der Waals surface area contributed by atoms with Gasteiger partial charge in [-0.3, -0.25) is 9.36 Å². The van der Waals surface area contributed by atoms with E-state index in [1.807, 2.05) is 0 Å². The lowest BCUT2D eigenvalue weighted by Crippen LogP contribution is -2.31. The van der Waals surface area contributed by atoms with E-state index in [1.165, 1.54) is 7.11 Å². The molecule has 0 N–H and O–H groups in total. The topological polar surface area (TPSA) is 44.1 Å². The third-order valence-corrected chi connectivity index (χ3v) is 3.10. The molecule has 23 heavy (non-hydrogen) atoms. The average Bonchev–Trinajstić information content (AvgIpc) is 2.51. The minimum absolute atomic E-state index is 0.124. The van der Waals surface area contributed by atoms with Crippen molar-refractivity contribution in [2.45, 2.75) is 19.3 Å². The number of aromatic nitrogens is 2. The van der Waals surface area contributed by atoms with Crippen LogP contribution in [0.15, 0.2) is 35.1 Å². The molecule has 0 radical (unpaired) electrons. The van der Waals surface area contributed by atoms with E-state index in [4.69, 9.17) is 11.2 Å². The van der Waals surface area contributed by atoms with Gasteiger partial charge in [0.25, 0.3) is 5.56 Å². The molecule has 2 rings (SSSR count). The second-order valence-electron chi connectivity index (χ2n) is 4.65. The Kier molecular flexibility index (Phi) is 4.86. The maximum absolute atomic E-state index is 13.3.